The van der Waals surface area contributed by atoms with Crippen LogP contribution in [0.5, 0.6) is 5.75 Å². The first-order chi connectivity index (χ1) is 12.0. The first kappa shape index (κ1) is 17.7. The van der Waals surface area contributed by atoms with E-state index in [9.17, 15) is 13.9 Å². The van der Waals surface area contributed by atoms with E-state index >= 15 is 0 Å². The molecule has 1 atom stereocenters. The van der Waals surface area contributed by atoms with Gasteiger partial charge in [-0.25, -0.2) is 13.8 Å². The van der Waals surface area contributed by atoms with E-state index in [1.807, 2.05) is 13.8 Å². The minimum Gasteiger partial charge on any atom is -0.493 e. The summed E-state index contributed by atoms with van der Waals surface area (Å²) in [5.74, 6) is -0.696. The van der Waals surface area contributed by atoms with Crippen LogP contribution in [0.15, 0.2) is 30.6 Å². The van der Waals surface area contributed by atoms with E-state index in [0.717, 1.165) is 23.5 Å². The topological polar surface area (TPSA) is 55.2 Å². The molecule has 0 fully saturated rings. The van der Waals surface area contributed by atoms with Crippen molar-refractivity contribution >= 4 is 21.6 Å². The zero-order valence-electron chi connectivity index (χ0n) is 13.9. The quantitative estimate of drug-likeness (QED) is 0.704. The molecule has 0 radical (unpaired) electrons. The van der Waals surface area contributed by atoms with Gasteiger partial charge in [-0.05, 0) is 31.5 Å². The fraction of sp³-hybridized carbons (Fsp3) is 0.333. The zero-order chi connectivity index (χ0) is 18.0. The molecule has 0 saturated carbocycles. The third-order valence-corrected chi connectivity index (χ3v) is 5.15. The Kier molecular flexibility index (Phi) is 4.96. The summed E-state index contributed by atoms with van der Waals surface area (Å²) < 4.78 is 33.7. The number of aromatic nitrogens is 2. The van der Waals surface area contributed by atoms with Crippen molar-refractivity contribution in [2.75, 3.05) is 6.61 Å². The molecule has 1 N–H and O–H groups in total. The number of nitrogens with zero attached hydrogens (tertiary/aromatic N) is 2. The summed E-state index contributed by atoms with van der Waals surface area (Å²) in [6.07, 6.45) is 4.04. The highest BCUT2D eigenvalue weighted by molar-refractivity contribution is 7.18. The van der Waals surface area contributed by atoms with Crippen LogP contribution in [0.3, 0.4) is 0 Å². The maximum atomic E-state index is 14.0. The van der Waals surface area contributed by atoms with E-state index in [-0.39, 0.29) is 15.2 Å². The van der Waals surface area contributed by atoms with E-state index in [4.69, 9.17) is 4.74 Å². The van der Waals surface area contributed by atoms with Crippen molar-refractivity contribution in [3.8, 4) is 5.75 Å². The SMILES string of the molecule is CCCC(O)(c1nc2c(F)ccc(F)c2s1)c1cnccc1OCC. The summed E-state index contributed by atoms with van der Waals surface area (Å²) in [6, 6.07) is 3.76. The van der Waals surface area contributed by atoms with Crippen LogP contribution in [-0.4, -0.2) is 21.7 Å². The predicted octanol–water partition coefficient (Wildman–Crippen LogP) is 4.40. The number of fused-ring (bicyclic) bond motifs is 1. The number of thiazole rings is 1. The van der Waals surface area contributed by atoms with Gasteiger partial charge >= 0.3 is 0 Å². The molecule has 0 bridgehead atoms. The maximum absolute atomic E-state index is 14.0. The van der Waals surface area contributed by atoms with Gasteiger partial charge in [-0.2, -0.15) is 0 Å². The Bertz CT molecular complexity index is 861. The van der Waals surface area contributed by atoms with Gasteiger partial charge in [0.2, 0.25) is 0 Å². The van der Waals surface area contributed by atoms with Crippen molar-refractivity contribution in [1.29, 1.82) is 0 Å². The predicted molar refractivity (Wildman–Crippen MR) is 92.8 cm³/mol. The van der Waals surface area contributed by atoms with E-state index in [1.165, 1.54) is 6.20 Å². The van der Waals surface area contributed by atoms with E-state index in [0.29, 0.717) is 30.8 Å². The standard InChI is InChI=1S/C18H18F2N2O2S/c1-3-8-18(23,11-10-21-9-7-14(11)24-4-2)17-22-15-12(19)5-6-13(20)16(15)25-17/h5-7,9-10,23H,3-4,8H2,1-2H3. The summed E-state index contributed by atoms with van der Waals surface area (Å²) in [7, 11) is 0. The lowest BCUT2D eigenvalue weighted by Crippen LogP contribution is -2.28. The van der Waals surface area contributed by atoms with Gasteiger partial charge in [0.1, 0.15) is 27.7 Å². The van der Waals surface area contributed by atoms with Crippen molar-refractivity contribution < 1.29 is 18.6 Å². The molecule has 0 aliphatic rings. The Morgan fingerprint density at radius 1 is 1.20 bits per heavy atom. The van der Waals surface area contributed by atoms with Crippen molar-refractivity contribution in [2.45, 2.75) is 32.3 Å². The number of hydrogen-bond donors (Lipinski definition) is 1. The minimum atomic E-state index is -1.53. The normalized spacial score (nSPS) is 13.8. The molecule has 0 aliphatic carbocycles. The molecular formula is C18H18F2N2O2S. The fourth-order valence-corrected chi connectivity index (χ4v) is 3.93. The molecule has 4 nitrogen and oxygen atoms in total. The van der Waals surface area contributed by atoms with Gasteiger partial charge in [0.15, 0.2) is 5.82 Å². The summed E-state index contributed by atoms with van der Waals surface area (Å²) in [4.78, 5) is 8.29. The third-order valence-electron chi connectivity index (χ3n) is 3.94. The van der Waals surface area contributed by atoms with E-state index < -0.39 is 17.2 Å². The second-order valence-electron chi connectivity index (χ2n) is 5.64. The molecule has 0 amide bonds. The van der Waals surface area contributed by atoms with Crippen LogP contribution in [0.4, 0.5) is 8.78 Å². The third kappa shape index (κ3) is 3.09. The molecule has 3 aromatic rings. The number of hydrogen-bond acceptors (Lipinski definition) is 5. The molecule has 25 heavy (non-hydrogen) atoms. The smallest absolute Gasteiger partial charge is 0.150 e. The van der Waals surface area contributed by atoms with Crippen LogP contribution in [0.2, 0.25) is 0 Å². The number of rotatable bonds is 6. The minimum absolute atomic E-state index is 0.0728. The first-order valence-corrected chi connectivity index (χ1v) is 8.87. The van der Waals surface area contributed by atoms with Gasteiger partial charge < -0.3 is 9.84 Å². The monoisotopic (exact) mass is 364 g/mol. The molecule has 1 unspecified atom stereocenters. The zero-order valence-corrected chi connectivity index (χ0v) is 14.7. The van der Waals surface area contributed by atoms with Gasteiger partial charge in [-0.15, -0.1) is 11.3 Å². The van der Waals surface area contributed by atoms with Crippen molar-refractivity contribution in [3.05, 3.63) is 52.8 Å². The Morgan fingerprint density at radius 3 is 2.64 bits per heavy atom. The van der Waals surface area contributed by atoms with E-state index in [1.54, 1.807) is 12.3 Å². The van der Waals surface area contributed by atoms with Gasteiger partial charge in [0.05, 0.1) is 16.9 Å². The fourth-order valence-electron chi connectivity index (χ4n) is 2.81. The summed E-state index contributed by atoms with van der Waals surface area (Å²) >= 11 is 0.947. The van der Waals surface area contributed by atoms with Crippen LogP contribution in [0.1, 0.15) is 37.3 Å². The molecule has 2 aromatic heterocycles. The van der Waals surface area contributed by atoms with Crippen LogP contribution in [0.25, 0.3) is 10.2 Å². The summed E-state index contributed by atoms with van der Waals surface area (Å²) in [6.45, 7) is 4.17. The van der Waals surface area contributed by atoms with E-state index in [2.05, 4.69) is 9.97 Å². The number of pyridine rings is 1. The average Bonchev–Trinajstić information content (AvgIpc) is 3.06. The molecule has 0 spiro atoms. The van der Waals surface area contributed by atoms with Gasteiger partial charge in [0, 0.05) is 12.4 Å². The van der Waals surface area contributed by atoms with Gasteiger partial charge in [-0.1, -0.05) is 13.3 Å². The van der Waals surface area contributed by atoms with Crippen LogP contribution in [0, 0.1) is 11.6 Å². The lowest BCUT2D eigenvalue weighted by Gasteiger charge is -2.27. The maximum Gasteiger partial charge on any atom is 0.150 e. The molecule has 0 saturated heterocycles. The molecular weight excluding hydrogens is 346 g/mol. The number of benzene rings is 1. The Balaban J connectivity index is 2.22. The lowest BCUT2D eigenvalue weighted by molar-refractivity contribution is 0.0663. The second kappa shape index (κ2) is 7.01. The largest absolute Gasteiger partial charge is 0.493 e. The molecule has 1 aromatic carbocycles. The Morgan fingerprint density at radius 2 is 1.96 bits per heavy atom. The van der Waals surface area contributed by atoms with Crippen LogP contribution in [-0.2, 0) is 5.60 Å². The first-order valence-electron chi connectivity index (χ1n) is 8.06. The number of aliphatic hydroxyl groups is 1. The Labute approximate surface area is 148 Å². The highest BCUT2D eigenvalue weighted by atomic mass is 32.1. The average molecular weight is 364 g/mol. The number of ether oxygens (including phenoxy) is 1. The Hall–Kier alpha value is -2.12. The number of halogens is 2. The van der Waals surface area contributed by atoms with Crippen LogP contribution >= 0.6 is 11.3 Å². The highest BCUT2D eigenvalue weighted by Gasteiger charge is 2.37. The van der Waals surface area contributed by atoms with Crippen molar-refractivity contribution in [2.24, 2.45) is 0 Å². The van der Waals surface area contributed by atoms with Crippen molar-refractivity contribution in [1.82, 2.24) is 9.97 Å². The molecule has 0 aliphatic heterocycles. The van der Waals surface area contributed by atoms with Gasteiger partial charge in [0.25, 0.3) is 0 Å². The van der Waals surface area contributed by atoms with Crippen molar-refractivity contribution in [3.63, 3.8) is 0 Å². The van der Waals surface area contributed by atoms with Crippen LogP contribution < -0.4 is 4.74 Å². The second-order valence-corrected chi connectivity index (χ2v) is 6.64. The molecule has 2 heterocycles. The lowest BCUT2D eigenvalue weighted by atomic mass is 9.90. The molecule has 3 rings (SSSR count). The van der Waals surface area contributed by atoms with Gasteiger partial charge in [-0.3, -0.25) is 4.98 Å². The molecule has 7 heteroatoms. The highest BCUT2D eigenvalue weighted by Crippen LogP contribution is 2.42. The summed E-state index contributed by atoms with van der Waals surface area (Å²) in [5.41, 5.74) is -1.16. The molecule has 132 valence electrons. The summed E-state index contributed by atoms with van der Waals surface area (Å²) in [5, 5.41) is 11.7.